The van der Waals surface area contributed by atoms with E-state index in [1.807, 2.05) is 66.7 Å². The Kier molecular flexibility index (Phi) is 5.94. The Morgan fingerprint density at radius 2 is 1.40 bits per heavy atom. The van der Waals surface area contributed by atoms with Crippen LogP contribution in [0.3, 0.4) is 0 Å². The highest BCUT2D eigenvalue weighted by atomic mass is 35.5. The molecular weight excluding hydrogens is 355 g/mol. The van der Waals surface area contributed by atoms with Gasteiger partial charge in [0, 0.05) is 15.7 Å². The minimum Gasteiger partial charge on any atom is -0.486 e. The molecule has 0 radical (unpaired) electrons. The molecule has 0 bridgehead atoms. The molecule has 0 spiro atoms. The van der Waals surface area contributed by atoms with Crippen LogP contribution in [-0.4, -0.2) is 12.4 Å². The third-order valence-corrected chi connectivity index (χ3v) is 3.85. The van der Waals surface area contributed by atoms with Crippen molar-refractivity contribution in [2.45, 2.75) is 0 Å². The van der Waals surface area contributed by atoms with Gasteiger partial charge in [-0.1, -0.05) is 41.4 Å². The molecule has 3 rings (SSSR count). The summed E-state index contributed by atoms with van der Waals surface area (Å²) in [6, 6.07) is 24.4. The average molecular weight is 371 g/mol. The fourth-order valence-corrected chi connectivity index (χ4v) is 2.39. The predicted octanol–water partition coefficient (Wildman–Crippen LogP) is 6.21. The molecule has 0 fully saturated rings. The quantitative estimate of drug-likeness (QED) is 0.427. The van der Waals surface area contributed by atoms with E-state index in [2.05, 4.69) is 10.3 Å². The van der Waals surface area contributed by atoms with Gasteiger partial charge in [-0.15, -0.1) is 0 Å². The second-order valence-corrected chi connectivity index (χ2v) is 6.14. The molecule has 0 saturated carbocycles. The Balaban J connectivity index is 1.79. The van der Waals surface area contributed by atoms with Gasteiger partial charge in [-0.05, 0) is 60.7 Å². The molecule has 126 valence electrons. The van der Waals surface area contributed by atoms with Crippen LogP contribution in [0.15, 0.2) is 83.9 Å². The van der Waals surface area contributed by atoms with Crippen LogP contribution in [0.4, 0.5) is 11.4 Å². The normalized spacial score (nSPS) is 11.2. The molecule has 3 aromatic carbocycles. The predicted molar refractivity (Wildman–Crippen MR) is 106 cm³/mol. The van der Waals surface area contributed by atoms with Crippen LogP contribution in [0.25, 0.3) is 0 Å². The highest BCUT2D eigenvalue weighted by molar-refractivity contribution is 6.31. The van der Waals surface area contributed by atoms with Crippen LogP contribution < -0.4 is 10.1 Å². The molecule has 5 heteroatoms. The molecule has 3 nitrogen and oxygen atoms in total. The molecule has 0 aliphatic carbocycles. The number of aliphatic imine (C=N–C) groups is 1. The number of benzene rings is 3. The summed E-state index contributed by atoms with van der Waals surface area (Å²) >= 11 is 11.9. The monoisotopic (exact) mass is 370 g/mol. The van der Waals surface area contributed by atoms with Crippen molar-refractivity contribution in [3.8, 4) is 5.75 Å². The molecule has 0 aromatic heterocycles. The maximum Gasteiger partial charge on any atom is 0.146 e. The first-order valence-electron chi connectivity index (χ1n) is 7.72. The van der Waals surface area contributed by atoms with Crippen molar-refractivity contribution in [1.29, 1.82) is 0 Å². The highest BCUT2D eigenvalue weighted by Crippen LogP contribution is 2.18. The SMILES string of the molecule is Clc1ccc(N=C(COc2ccccc2)Nc2ccc(Cl)cc2)cc1. The second kappa shape index (κ2) is 8.56. The molecule has 0 heterocycles. The number of nitrogens with one attached hydrogen (secondary N) is 1. The van der Waals surface area contributed by atoms with Gasteiger partial charge in [-0.25, -0.2) is 4.99 Å². The number of anilines is 1. The topological polar surface area (TPSA) is 33.6 Å². The van der Waals surface area contributed by atoms with Gasteiger partial charge in [0.2, 0.25) is 0 Å². The average Bonchev–Trinajstić information content (AvgIpc) is 2.64. The Bertz CT molecular complexity index is 832. The summed E-state index contributed by atoms with van der Waals surface area (Å²) in [5, 5.41) is 4.63. The lowest BCUT2D eigenvalue weighted by Crippen LogP contribution is -2.20. The maximum absolute atomic E-state index is 5.94. The zero-order valence-corrected chi connectivity index (χ0v) is 14.8. The molecule has 1 N–H and O–H groups in total. The number of ether oxygens (including phenoxy) is 1. The van der Waals surface area contributed by atoms with E-state index in [0.717, 1.165) is 17.1 Å². The fraction of sp³-hybridized carbons (Fsp3) is 0.0500. The molecule has 25 heavy (non-hydrogen) atoms. The van der Waals surface area contributed by atoms with E-state index in [-0.39, 0.29) is 0 Å². The van der Waals surface area contributed by atoms with E-state index in [9.17, 15) is 0 Å². The molecule has 0 atom stereocenters. The molecule has 0 amide bonds. The zero-order chi connectivity index (χ0) is 17.5. The summed E-state index contributed by atoms with van der Waals surface area (Å²) in [4.78, 5) is 4.62. The third kappa shape index (κ3) is 5.52. The van der Waals surface area contributed by atoms with Crippen LogP contribution in [0.1, 0.15) is 0 Å². The summed E-state index contributed by atoms with van der Waals surface area (Å²) in [5.41, 5.74) is 1.67. The standard InChI is InChI=1S/C20H16Cl2N2O/c21-15-6-10-17(11-7-15)23-20(14-25-19-4-2-1-3-5-19)24-18-12-8-16(22)9-13-18/h1-13H,14H2,(H,23,24). The van der Waals surface area contributed by atoms with Crippen molar-refractivity contribution in [1.82, 2.24) is 0 Å². The van der Waals surface area contributed by atoms with Crippen LogP contribution in [-0.2, 0) is 0 Å². The summed E-state index contributed by atoms with van der Waals surface area (Å²) in [6.07, 6.45) is 0. The van der Waals surface area contributed by atoms with Crippen molar-refractivity contribution in [3.63, 3.8) is 0 Å². The van der Waals surface area contributed by atoms with Gasteiger partial charge in [-0.2, -0.15) is 0 Å². The number of amidine groups is 1. The first-order chi connectivity index (χ1) is 12.2. The van der Waals surface area contributed by atoms with Crippen molar-refractivity contribution in [2.24, 2.45) is 4.99 Å². The molecule has 0 aliphatic rings. The van der Waals surface area contributed by atoms with E-state index in [1.54, 1.807) is 12.1 Å². The van der Waals surface area contributed by atoms with Crippen molar-refractivity contribution >= 4 is 40.4 Å². The lowest BCUT2D eigenvalue weighted by molar-refractivity contribution is 0.376. The maximum atomic E-state index is 5.94. The van der Waals surface area contributed by atoms with Gasteiger partial charge in [0.15, 0.2) is 0 Å². The Hall–Kier alpha value is -2.49. The van der Waals surface area contributed by atoms with Gasteiger partial charge in [0.1, 0.15) is 18.2 Å². The van der Waals surface area contributed by atoms with Crippen molar-refractivity contribution in [2.75, 3.05) is 11.9 Å². The summed E-state index contributed by atoms with van der Waals surface area (Å²) in [5.74, 6) is 1.46. The number of hydrogen-bond donors (Lipinski definition) is 1. The number of nitrogens with zero attached hydrogens (tertiary/aromatic N) is 1. The van der Waals surface area contributed by atoms with Crippen LogP contribution in [0.2, 0.25) is 10.0 Å². The fourth-order valence-electron chi connectivity index (χ4n) is 2.14. The van der Waals surface area contributed by atoms with Gasteiger partial charge in [-0.3, -0.25) is 0 Å². The van der Waals surface area contributed by atoms with E-state index >= 15 is 0 Å². The Labute approximate surface area is 156 Å². The second-order valence-electron chi connectivity index (χ2n) is 5.27. The lowest BCUT2D eigenvalue weighted by Gasteiger charge is -2.12. The van der Waals surface area contributed by atoms with Crippen molar-refractivity contribution in [3.05, 3.63) is 88.9 Å². The number of hydrogen-bond acceptors (Lipinski definition) is 2. The summed E-state index contributed by atoms with van der Waals surface area (Å²) in [6.45, 7) is 0.301. The number of halogens is 2. The van der Waals surface area contributed by atoms with Crippen LogP contribution in [0.5, 0.6) is 5.75 Å². The molecular formula is C20H16Cl2N2O. The molecule has 0 unspecified atom stereocenters. The van der Waals surface area contributed by atoms with Gasteiger partial charge in [0.05, 0.1) is 5.69 Å². The van der Waals surface area contributed by atoms with Crippen LogP contribution >= 0.6 is 23.2 Å². The van der Waals surface area contributed by atoms with E-state index in [4.69, 9.17) is 27.9 Å². The minimum absolute atomic E-state index is 0.301. The Morgan fingerprint density at radius 1 is 0.800 bits per heavy atom. The number of rotatable bonds is 5. The first kappa shape index (κ1) is 17.3. The molecule has 0 saturated heterocycles. The Morgan fingerprint density at radius 3 is 2.04 bits per heavy atom. The van der Waals surface area contributed by atoms with E-state index < -0.39 is 0 Å². The van der Waals surface area contributed by atoms with E-state index in [0.29, 0.717) is 22.5 Å². The van der Waals surface area contributed by atoms with Crippen LogP contribution in [0, 0.1) is 0 Å². The summed E-state index contributed by atoms with van der Waals surface area (Å²) < 4.78 is 5.81. The smallest absolute Gasteiger partial charge is 0.146 e. The molecule has 3 aromatic rings. The van der Waals surface area contributed by atoms with Crippen molar-refractivity contribution < 1.29 is 4.74 Å². The van der Waals surface area contributed by atoms with Gasteiger partial charge in [0.25, 0.3) is 0 Å². The van der Waals surface area contributed by atoms with Gasteiger partial charge >= 0.3 is 0 Å². The zero-order valence-electron chi connectivity index (χ0n) is 13.3. The third-order valence-electron chi connectivity index (χ3n) is 3.34. The number of para-hydroxylation sites is 1. The largest absolute Gasteiger partial charge is 0.486 e. The lowest BCUT2D eigenvalue weighted by atomic mass is 10.3. The van der Waals surface area contributed by atoms with Gasteiger partial charge < -0.3 is 10.1 Å². The van der Waals surface area contributed by atoms with E-state index in [1.165, 1.54) is 0 Å². The summed E-state index contributed by atoms with van der Waals surface area (Å²) in [7, 11) is 0. The minimum atomic E-state index is 0.301. The molecule has 0 aliphatic heterocycles. The first-order valence-corrected chi connectivity index (χ1v) is 8.48. The highest BCUT2D eigenvalue weighted by Gasteiger charge is 2.04.